The Labute approximate surface area is 158 Å². The SMILES string of the molecule is CC(C)Cn1c(CCC(N)=O)nn(CN(C)Cc2cccc(F)c2)c1=S. The molecule has 0 aliphatic heterocycles. The molecule has 0 fully saturated rings. The molecule has 142 valence electrons. The second-order valence-corrected chi connectivity index (χ2v) is 7.32. The highest BCUT2D eigenvalue weighted by molar-refractivity contribution is 7.71. The number of carbonyl (C=O) groups excluding carboxylic acids is 1. The third-order valence-electron chi connectivity index (χ3n) is 3.86. The number of aryl methyl sites for hydroxylation is 1. The van der Waals surface area contributed by atoms with Crippen molar-refractivity contribution in [1.82, 2.24) is 19.2 Å². The molecule has 2 rings (SSSR count). The number of rotatable bonds is 9. The highest BCUT2D eigenvalue weighted by Gasteiger charge is 2.14. The molecule has 1 aromatic heterocycles. The number of benzene rings is 1. The second-order valence-electron chi connectivity index (χ2n) is 6.95. The molecular formula is C18H26FN5OS. The number of aromatic nitrogens is 3. The van der Waals surface area contributed by atoms with Crippen molar-refractivity contribution in [3.63, 3.8) is 0 Å². The smallest absolute Gasteiger partial charge is 0.217 e. The quantitative estimate of drug-likeness (QED) is 0.680. The van der Waals surface area contributed by atoms with E-state index in [9.17, 15) is 9.18 Å². The minimum absolute atomic E-state index is 0.239. The monoisotopic (exact) mass is 379 g/mol. The van der Waals surface area contributed by atoms with Gasteiger partial charge in [0.05, 0.1) is 6.67 Å². The first kappa shape index (κ1) is 20.3. The average molecular weight is 380 g/mol. The topological polar surface area (TPSA) is 69.1 Å². The van der Waals surface area contributed by atoms with Crippen molar-refractivity contribution in [2.45, 2.75) is 46.4 Å². The van der Waals surface area contributed by atoms with Crippen LogP contribution in [0.2, 0.25) is 0 Å². The first-order chi connectivity index (χ1) is 12.3. The fourth-order valence-electron chi connectivity index (χ4n) is 2.77. The van der Waals surface area contributed by atoms with Gasteiger partial charge in [0.2, 0.25) is 5.91 Å². The Balaban J connectivity index is 2.16. The summed E-state index contributed by atoms with van der Waals surface area (Å²) < 4.78 is 17.7. The summed E-state index contributed by atoms with van der Waals surface area (Å²) in [5, 5.41) is 4.59. The van der Waals surface area contributed by atoms with Crippen molar-refractivity contribution in [3.8, 4) is 0 Å². The van der Waals surface area contributed by atoms with Crippen LogP contribution in [-0.2, 0) is 31.0 Å². The number of halogens is 1. The summed E-state index contributed by atoms with van der Waals surface area (Å²) in [5.74, 6) is 0.561. The van der Waals surface area contributed by atoms with E-state index >= 15 is 0 Å². The highest BCUT2D eigenvalue weighted by atomic mass is 32.1. The van der Waals surface area contributed by atoms with Gasteiger partial charge in [-0.1, -0.05) is 26.0 Å². The van der Waals surface area contributed by atoms with Crippen LogP contribution in [0.5, 0.6) is 0 Å². The Morgan fingerprint density at radius 3 is 2.77 bits per heavy atom. The van der Waals surface area contributed by atoms with E-state index in [1.807, 2.05) is 22.6 Å². The van der Waals surface area contributed by atoms with Gasteiger partial charge in [-0.15, -0.1) is 0 Å². The van der Waals surface area contributed by atoms with E-state index in [4.69, 9.17) is 18.0 Å². The van der Waals surface area contributed by atoms with Crippen LogP contribution in [0.25, 0.3) is 0 Å². The lowest BCUT2D eigenvalue weighted by molar-refractivity contribution is -0.118. The molecule has 0 aliphatic carbocycles. The fraction of sp³-hybridized carbons (Fsp3) is 0.500. The number of amides is 1. The molecule has 2 N–H and O–H groups in total. The maximum atomic E-state index is 13.3. The Bertz CT molecular complexity index is 814. The number of hydrogen-bond donors (Lipinski definition) is 1. The molecule has 0 atom stereocenters. The zero-order valence-electron chi connectivity index (χ0n) is 15.5. The van der Waals surface area contributed by atoms with Crippen LogP contribution >= 0.6 is 12.2 Å². The molecule has 1 amide bonds. The summed E-state index contributed by atoms with van der Waals surface area (Å²) in [6, 6.07) is 6.53. The number of primary amides is 1. The van der Waals surface area contributed by atoms with Crippen molar-refractivity contribution in [3.05, 3.63) is 46.2 Å². The van der Waals surface area contributed by atoms with Crippen LogP contribution in [0, 0.1) is 16.5 Å². The van der Waals surface area contributed by atoms with Gasteiger partial charge in [-0.25, -0.2) is 9.07 Å². The van der Waals surface area contributed by atoms with Crippen LogP contribution < -0.4 is 5.73 Å². The molecule has 2 aromatic rings. The molecule has 26 heavy (non-hydrogen) atoms. The Kier molecular flexibility index (Phi) is 7.05. The normalized spacial score (nSPS) is 11.5. The van der Waals surface area contributed by atoms with E-state index in [1.165, 1.54) is 12.1 Å². The summed E-state index contributed by atoms with van der Waals surface area (Å²) >= 11 is 5.58. The summed E-state index contributed by atoms with van der Waals surface area (Å²) in [6.07, 6.45) is 0.704. The lowest BCUT2D eigenvalue weighted by Crippen LogP contribution is -2.22. The fourth-order valence-corrected chi connectivity index (χ4v) is 3.05. The van der Waals surface area contributed by atoms with Gasteiger partial charge in [0.1, 0.15) is 11.6 Å². The molecule has 0 saturated heterocycles. The molecule has 1 heterocycles. The number of hydrogen-bond acceptors (Lipinski definition) is 4. The minimum atomic E-state index is -0.357. The molecule has 6 nitrogen and oxygen atoms in total. The Morgan fingerprint density at radius 2 is 2.15 bits per heavy atom. The lowest BCUT2D eigenvalue weighted by atomic mass is 10.2. The lowest BCUT2D eigenvalue weighted by Gasteiger charge is -2.16. The van der Waals surface area contributed by atoms with E-state index < -0.39 is 0 Å². The molecule has 0 bridgehead atoms. The van der Waals surface area contributed by atoms with E-state index in [1.54, 1.807) is 10.7 Å². The predicted octanol–water partition coefficient (Wildman–Crippen LogP) is 2.72. The van der Waals surface area contributed by atoms with Crippen molar-refractivity contribution < 1.29 is 9.18 Å². The minimum Gasteiger partial charge on any atom is -0.370 e. The van der Waals surface area contributed by atoms with Crippen LogP contribution in [0.15, 0.2) is 24.3 Å². The first-order valence-corrected chi connectivity index (χ1v) is 9.05. The van der Waals surface area contributed by atoms with Crippen LogP contribution in [-0.4, -0.2) is 32.2 Å². The van der Waals surface area contributed by atoms with Crippen LogP contribution in [0.1, 0.15) is 31.7 Å². The van der Waals surface area contributed by atoms with Crippen LogP contribution in [0.3, 0.4) is 0 Å². The van der Waals surface area contributed by atoms with Crippen LogP contribution in [0.4, 0.5) is 4.39 Å². The molecule has 8 heteroatoms. The maximum Gasteiger partial charge on any atom is 0.217 e. The summed E-state index contributed by atoms with van der Waals surface area (Å²) in [5.41, 5.74) is 6.15. The van der Waals surface area contributed by atoms with Gasteiger partial charge in [-0.3, -0.25) is 9.69 Å². The van der Waals surface area contributed by atoms with Gasteiger partial charge in [-0.2, -0.15) is 5.10 Å². The largest absolute Gasteiger partial charge is 0.370 e. The first-order valence-electron chi connectivity index (χ1n) is 8.64. The van der Waals surface area contributed by atoms with Gasteiger partial charge in [-0.05, 0) is 42.9 Å². The van der Waals surface area contributed by atoms with Crippen molar-refractivity contribution in [2.75, 3.05) is 7.05 Å². The molecule has 0 saturated carbocycles. The number of carbonyl (C=O) groups is 1. The number of nitrogens with two attached hydrogens (primary N) is 1. The van der Waals surface area contributed by atoms with Gasteiger partial charge in [0.25, 0.3) is 0 Å². The van der Waals surface area contributed by atoms with Gasteiger partial charge in [0, 0.05) is 25.9 Å². The van der Waals surface area contributed by atoms with Gasteiger partial charge >= 0.3 is 0 Å². The zero-order chi connectivity index (χ0) is 19.3. The third kappa shape index (κ3) is 5.74. The molecular weight excluding hydrogens is 353 g/mol. The van der Waals surface area contributed by atoms with Crippen molar-refractivity contribution in [1.29, 1.82) is 0 Å². The molecule has 0 spiro atoms. The average Bonchev–Trinajstić information content (AvgIpc) is 2.81. The van der Waals surface area contributed by atoms with E-state index in [0.717, 1.165) is 17.9 Å². The van der Waals surface area contributed by atoms with E-state index in [2.05, 4.69) is 18.9 Å². The highest BCUT2D eigenvalue weighted by Crippen LogP contribution is 2.11. The maximum absolute atomic E-state index is 13.3. The van der Waals surface area contributed by atoms with Crippen molar-refractivity contribution in [2.24, 2.45) is 11.7 Å². The Hall–Kier alpha value is -2.06. The predicted molar refractivity (Wildman–Crippen MR) is 101 cm³/mol. The standard InChI is InChI=1S/C18H26FN5OS/c1-13(2)10-23-17(8-7-16(20)25)21-24(18(23)26)12-22(3)11-14-5-4-6-15(19)9-14/h4-6,9,13H,7-8,10-12H2,1-3H3,(H2,20,25). The zero-order valence-corrected chi connectivity index (χ0v) is 16.3. The van der Waals surface area contributed by atoms with Crippen molar-refractivity contribution >= 4 is 18.1 Å². The van der Waals surface area contributed by atoms with E-state index in [0.29, 0.717) is 30.3 Å². The van der Waals surface area contributed by atoms with E-state index in [-0.39, 0.29) is 18.1 Å². The third-order valence-corrected chi connectivity index (χ3v) is 4.29. The second kappa shape index (κ2) is 9.05. The summed E-state index contributed by atoms with van der Waals surface area (Å²) in [4.78, 5) is 13.1. The van der Waals surface area contributed by atoms with Gasteiger partial charge < -0.3 is 10.3 Å². The molecule has 0 aliphatic rings. The number of nitrogens with zero attached hydrogens (tertiary/aromatic N) is 4. The Morgan fingerprint density at radius 1 is 1.42 bits per heavy atom. The summed E-state index contributed by atoms with van der Waals surface area (Å²) in [7, 11) is 1.93. The molecule has 0 radical (unpaired) electrons. The van der Waals surface area contributed by atoms with Gasteiger partial charge in [0.15, 0.2) is 4.77 Å². The molecule has 0 unspecified atom stereocenters. The molecule has 1 aromatic carbocycles. The summed E-state index contributed by atoms with van der Waals surface area (Å²) in [6.45, 7) is 6.00.